The average molecular weight is 419 g/mol. The number of hydrogen-bond donors (Lipinski definition) is 1. The van der Waals surface area contributed by atoms with Gasteiger partial charge in [-0.15, -0.1) is 0 Å². The first kappa shape index (κ1) is 21.1. The van der Waals surface area contributed by atoms with Crippen LogP contribution in [0, 0.1) is 0 Å². The van der Waals surface area contributed by atoms with Gasteiger partial charge in [0, 0.05) is 37.3 Å². The standard InChI is InChI=1S/C25H30N4O2/c1-3-29-25(31)22-13-6-5-12-21(22)23(27-29)18(2)24(30)26-17-19-10-9-11-20(16-19)28-14-7-4-8-15-28/h5-6,9-13,16,18H,3-4,7-8,14-15,17H2,1-2H3,(H,26,30)/t18-/m1/s1. The van der Waals surface area contributed by atoms with E-state index in [2.05, 4.69) is 33.5 Å². The van der Waals surface area contributed by atoms with E-state index in [0.29, 0.717) is 24.2 Å². The lowest BCUT2D eigenvalue weighted by Gasteiger charge is -2.29. The van der Waals surface area contributed by atoms with Crippen molar-refractivity contribution in [1.82, 2.24) is 15.1 Å². The van der Waals surface area contributed by atoms with Crippen LogP contribution in [-0.4, -0.2) is 28.8 Å². The first-order valence-corrected chi connectivity index (χ1v) is 11.2. The number of carbonyl (C=O) groups is 1. The van der Waals surface area contributed by atoms with Crippen LogP contribution in [0.15, 0.2) is 53.3 Å². The van der Waals surface area contributed by atoms with Gasteiger partial charge in [0.05, 0.1) is 17.0 Å². The molecule has 0 radical (unpaired) electrons. The molecule has 162 valence electrons. The SMILES string of the molecule is CCn1nc([C@@H](C)C(=O)NCc2cccc(N3CCCCC3)c2)c2ccccc2c1=O. The maximum Gasteiger partial charge on any atom is 0.274 e. The zero-order chi connectivity index (χ0) is 21.8. The minimum absolute atomic E-state index is 0.0951. The molecule has 0 spiro atoms. The largest absolute Gasteiger partial charge is 0.372 e. The third-order valence-corrected chi connectivity index (χ3v) is 6.10. The average Bonchev–Trinajstić information content (AvgIpc) is 2.83. The zero-order valence-electron chi connectivity index (χ0n) is 18.3. The van der Waals surface area contributed by atoms with Crippen LogP contribution in [0.2, 0.25) is 0 Å². The van der Waals surface area contributed by atoms with E-state index >= 15 is 0 Å². The fourth-order valence-corrected chi connectivity index (χ4v) is 4.28. The molecule has 1 saturated heterocycles. The van der Waals surface area contributed by atoms with Crippen LogP contribution in [0.3, 0.4) is 0 Å². The molecule has 4 rings (SSSR count). The summed E-state index contributed by atoms with van der Waals surface area (Å²) < 4.78 is 1.43. The molecule has 6 heteroatoms. The summed E-state index contributed by atoms with van der Waals surface area (Å²) in [6.07, 6.45) is 3.77. The summed E-state index contributed by atoms with van der Waals surface area (Å²) in [5.74, 6) is -0.559. The van der Waals surface area contributed by atoms with Crippen molar-refractivity contribution in [3.05, 3.63) is 70.1 Å². The van der Waals surface area contributed by atoms with Gasteiger partial charge >= 0.3 is 0 Å². The van der Waals surface area contributed by atoms with Gasteiger partial charge in [0.1, 0.15) is 0 Å². The van der Waals surface area contributed by atoms with Gasteiger partial charge in [0.2, 0.25) is 5.91 Å². The number of fused-ring (bicyclic) bond motifs is 1. The highest BCUT2D eigenvalue weighted by Gasteiger charge is 2.21. The molecule has 31 heavy (non-hydrogen) atoms. The zero-order valence-corrected chi connectivity index (χ0v) is 18.3. The van der Waals surface area contributed by atoms with Crippen molar-refractivity contribution >= 4 is 22.4 Å². The maximum atomic E-state index is 13.0. The number of aromatic nitrogens is 2. The Labute approximate surface area is 182 Å². The molecule has 2 aromatic carbocycles. The Morgan fingerprint density at radius 2 is 1.81 bits per heavy atom. The minimum atomic E-state index is -0.464. The van der Waals surface area contributed by atoms with Crippen LogP contribution >= 0.6 is 0 Å². The van der Waals surface area contributed by atoms with Gasteiger partial charge in [0.15, 0.2) is 0 Å². The van der Waals surface area contributed by atoms with Crippen LogP contribution in [0.4, 0.5) is 5.69 Å². The third kappa shape index (κ3) is 4.48. The molecule has 1 amide bonds. The van der Waals surface area contributed by atoms with Gasteiger partial charge in [-0.1, -0.05) is 30.3 Å². The number of aryl methyl sites for hydroxylation is 1. The van der Waals surface area contributed by atoms with E-state index in [1.54, 1.807) is 6.07 Å². The Kier molecular flexibility index (Phi) is 6.35. The molecule has 0 saturated carbocycles. The number of nitrogens with zero attached hydrogens (tertiary/aromatic N) is 3. The molecule has 6 nitrogen and oxygen atoms in total. The monoisotopic (exact) mass is 418 g/mol. The summed E-state index contributed by atoms with van der Waals surface area (Å²) in [6, 6.07) is 15.8. The Balaban J connectivity index is 1.51. The van der Waals surface area contributed by atoms with Gasteiger partial charge in [-0.2, -0.15) is 5.10 Å². The first-order chi connectivity index (χ1) is 15.1. The number of piperidine rings is 1. The number of rotatable bonds is 6. The Morgan fingerprint density at radius 1 is 1.06 bits per heavy atom. The fraction of sp³-hybridized carbons (Fsp3) is 0.400. The van der Waals surface area contributed by atoms with E-state index in [0.717, 1.165) is 24.0 Å². The minimum Gasteiger partial charge on any atom is -0.372 e. The number of anilines is 1. The summed E-state index contributed by atoms with van der Waals surface area (Å²) in [7, 11) is 0. The van der Waals surface area contributed by atoms with Crippen molar-refractivity contribution < 1.29 is 4.79 Å². The molecule has 1 aromatic heterocycles. The van der Waals surface area contributed by atoms with Crippen molar-refractivity contribution in [2.45, 2.75) is 52.1 Å². The lowest BCUT2D eigenvalue weighted by Crippen LogP contribution is -2.31. The van der Waals surface area contributed by atoms with Crippen LogP contribution in [0.5, 0.6) is 0 Å². The van der Waals surface area contributed by atoms with Crippen LogP contribution in [0.1, 0.15) is 50.3 Å². The molecule has 0 unspecified atom stereocenters. The van der Waals surface area contributed by atoms with Crippen molar-refractivity contribution in [2.75, 3.05) is 18.0 Å². The summed E-state index contributed by atoms with van der Waals surface area (Å²) in [4.78, 5) is 28.0. The topological polar surface area (TPSA) is 67.2 Å². The molecule has 2 heterocycles. The quantitative estimate of drug-likeness (QED) is 0.661. The highest BCUT2D eigenvalue weighted by Crippen LogP contribution is 2.23. The van der Waals surface area contributed by atoms with Crippen molar-refractivity contribution in [3.8, 4) is 0 Å². The second-order valence-electron chi connectivity index (χ2n) is 8.21. The van der Waals surface area contributed by atoms with Gasteiger partial charge in [-0.25, -0.2) is 4.68 Å². The molecular weight excluding hydrogens is 388 g/mol. The highest BCUT2D eigenvalue weighted by atomic mass is 16.2. The highest BCUT2D eigenvalue weighted by molar-refractivity contribution is 5.91. The predicted molar refractivity (Wildman–Crippen MR) is 124 cm³/mol. The number of carbonyl (C=O) groups excluding carboxylic acids is 1. The van der Waals surface area contributed by atoms with E-state index in [9.17, 15) is 9.59 Å². The molecule has 1 aliphatic rings. The molecular formula is C25H30N4O2. The Hall–Kier alpha value is -3.15. The Bertz CT molecular complexity index is 1130. The summed E-state index contributed by atoms with van der Waals surface area (Å²) in [5.41, 5.74) is 2.82. The summed E-state index contributed by atoms with van der Waals surface area (Å²) in [6.45, 7) is 6.85. The molecule has 0 aliphatic carbocycles. The van der Waals surface area contributed by atoms with Crippen LogP contribution < -0.4 is 15.8 Å². The van der Waals surface area contributed by atoms with E-state index in [4.69, 9.17) is 0 Å². The molecule has 0 bridgehead atoms. The molecule has 1 N–H and O–H groups in total. The molecule has 3 aromatic rings. The van der Waals surface area contributed by atoms with Crippen molar-refractivity contribution in [3.63, 3.8) is 0 Å². The second kappa shape index (κ2) is 9.33. The number of amides is 1. The van der Waals surface area contributed by atoms with Gasteiger partial charge in [-0.05, 0) is 56.9 Å². The second-order valence-corrected chi connectivity index (χ2v) is 8.21. The lowest BCUT2D eigenvalue weighted by molar-refractivity contribution is -0.122. The van der Waals surface area contributed by atoms with Gasteiger partial charge in [0.25, 0.3) is 5.56 Å². The third-order valence-electron chi connectivity index (χ3n) is 6.10. The summed E-state index contributed by atoms with van der Waals surface area (Å²) >= 11 is 0. The summed E-state index contributed by atoms with van der Waals surface area (Å²) in [5, 5.41) is 8.91. The lowest BCUT2D eigenvalue weighted by atomic mass is 10.0. The van der Waals surface area contributed by atoms with Crippen molar-refractivity contribution in [1.29, 1.82) is 0 Å². The van der Waals surface area contributed by atoms with Crippen molar-refractivity contribution in [2.24, 2.45) is 0 Å². The van der Waals surface area contributed by atoms with Gasteiger partial charge in [-0.3, -0.25) is 9.59 Å². The van der Waals surface area contributed by atoms with Gasteiger partial charge < -0.3 is 10.2 Å². The van der Waals surface area contributed by atoms with Crippen LogP contribution in [-0.2, 0) is 17.9 Å². The van der Waals surface area contributed by atoms with E-state index < -0.39 is 5.92 Å². The molecule has 1 atom stereocenters. The fourth-order valence-electron chi connectivity index (χ4n) is 4.28. The first-order valence-electron chi connectivity index (χ1n) is 11.2. The Morgan fingerprint density at radius 3 is 2.55 bits per heavy atom. The molecule has 1 fully saturated rings. The smallest absolute Gasteiger partial charge is 0.274 e. The van der Waals surface area contributed by atoms with E-state index in [-0.39, 0.29) is 11.5 Å². The van der Waals surface area contributed by atoms with Crippen LogP contribution in [0.25, 0.3) is 10.8 Å². The number of nitrogens with one attached hydrogen (secondary N) is 1. The predicted octanol–water partition coefficient (Wildman–Crippen LogP) is 3.83. The number of benzene rings is 2. The van der Waals surface area contributed by atoms with E-state index in [1.807, 2.05) is 38.1 Å². The molecule has 1 aliphatic heterocycles. The normalized spacial score (nSPS) is 15.1. The maximum absolute atomic E-state index is 13.0. The number of hydrogen-bond acceptors (Lipinski definition) is 4. The van der Waals surface area contributed by atoms with E-state index in [1.165, 1.54) is 29.6 Å².